The van der Waals surface area contributed by atoms with Crippen molar-refractivity contribution in [1.82, 2.24) is 0 Å². The Kier molecular flexibility index (Phi) is 14.8. The Morgan fingerprint density at radius 1 is 0.939 bits per heavy atom. The van der Waals surface area contributed by atoms with E-state index in [4.69, 9.17) is 49.1 Å². The third-order valence-corrected chi connectivity index (χ3v) is 4.94. The Morgan fingerprint density at radius 2 is 1.52 bits per heavy atom. The molecule has 0 unspecified atom stereocenters. The third-order valence-electron chi connectivity index (χ3n) is 3.59. The normalized spacial score (nSPS) is 9.03. The second-order valence-corrected chi connectivity index (χ2v) is 7.93. The minimum atomic E-state index is -0.540. The number of hydrogen-bond donors (Lipinski definition) is 1. The van der Waals surface area contributed by atoms with E-state index in [1.807, 2.05) is 51.8 Å². The molecule has 0 radical (unpaired) electrons. The Morgan fingerprint density at radius 3 is 1.94 bits per heavy atom. The molecule has 176 valence electrons. The lowest BCUT2D eigenvalue weighted by Gasteiger charge is -2.11. The second-order valence-electron chi connectivity index (χ2n) is 5.79. The van der Waals surface area contributed by atoms with Gasteiger partial charge in [0.05, 0.1) is 20.0 Å². The minimum Gasteiger partial charge on any atom is -0.453 e. The van der Waals surface area contributed by atoms with E-state index in [0.717, 1.165) is 15.7 Å². The molecule has 0 aliphatic carbocycles. The number of halogens is 4. The predicted molar refractivity (Wildman–Crippen MR) is 137 cm³/mol. The van der Waals surface area contributed by atoms with Crippen molar-refractivity contribution in [1.29, 1.82) is 0 Å². The van der Waals surface area contributed by atoms with Gasteiger partial charge < -0.3 is 19.6 Å². The predicted octanol–water partition coefficient (Wildman–Crippen LogP) is 7.78. The molecular weight excluding hydrogens is 559 g/mol. The summed E-state index contributed by atoms with van der Waals surface area (Å²) in [4.78, 5) is 26.1. The largest absolute Gasteiger partial charge is 0.453 e. The van der Waals surface area contributed by atoms with Gasteiger partial charge in [-0.1, -0.05) is 56.8 Å². The molecule has 1 N–H and O–H groups in total. The first-order chi connectivity index (χ1) is 15.7. The van der Waals surface area contributed by atoms with Crippen LogP contribution in [0.2, 0.25) is 15.1 Å². The van der Waals surface area contributed by atoms with Crippen LogP contribution in [-0.4, -0.2) is 25.5 Å². The smallest absolute Gasteiger partial charge is 0.271 e. The van der Waals surface area contributed by atoms with E-state index in [-0.39, 0.29) is 22.2 Å². The van der Waals surface area contributed by atoms with E-state index in [2.05, 4.69) is 21.2 Å². The maximum Gasteiger partial charge on any atom is 0.271 e. The molecule has 0 fully saturated rings. The molecule has 0 saturated carbocycles. The van der Waals surface area contributed by atoms with Crippen LogP contribution in [0.15, 0.2) is 59.1 Å². The SMILES string of the molecule is C=O.C=O.CNc1cccc(Br)c1.Cc1cc(Cl)c(Oc2ccc([N+](=O)[O-])cc2Cl)c(Cl)c1. The van der Waals surface area contributed by atoms with Crippen molar-refractivity contribution in [3.63, 3.8) is 0 Å². The third kappa shape index (κ3) is 10.2. The monoisotopic (exact) mass is 576 g/mol. The van der Waals surface area contributed by atoms with E-state index in [1.165, 1.54) is 18.2 Å². The summed E-state index contributed by atoms with van der Waals surface area (Å²) in [6.45, 7) is 5.85. The van der Waals surface area contributed by atoms with E-state index in [9.17, 15) is 10.1 Å². The van der Waals surface area contributed by atoms with Gasteiger partial charge in [-0.15, -0.1) is 0 Å². The number of nitro benzene ring substituents is 1. The molecule has 0 aliphatic heterocycles. The fourth-order valence-electron chi connectivity index (χ4n) is 2.22. The number of anilines is 1. The highest BCUT2D eigenvalue weighted by molar-refractivity contribution is 9.10. The van der Waals surface area contributed by atoms with Crippen LogP contribution in [0, 0.1) is 17.0 Å². The van der Waals surface area contributed by atoms with Crippen molar-refractivity contribution in [3.05, 3.63) is 89.8 Å². The molecule has 0 aromatic heterocycles. The number of nitrogens with one attached hydrogen (secondary N) is 1. The standard InChI is InChI=1S/C13H8Cl3NO3.C7H8BrN.2CH2O/c1-7-4-10(15)13(11(16)5-7)20-12-3-2-8(17(18)19)6-9(12)14;1-9-7-4-2-3-6(8)5-7;2*1-2/h2-6H,1H3;2-5,9H,1H3;2*1H2. The van der Waals surface area contributed by atoms with Gasteiger partial charge in [0.15, 0.2) is 5.75 Å². The first kappa shape index (κ1) is 30.4. The molecule has 3 aromatic carbocycles. The van der Waals surface area contributed by atoms with Gasteiger partial charge >= 0.3 is 0 Å². The van der Waals surface area contributed by atoms with Crippen molar-refractivity contribution in [2.45, 2.75) is 6.92 Å². The molecular formula is C22H20BrCl3N2O5. The Balaban J connectivity index is 0.000000658. The van der Waals surface area contributed by atoms with Gasteiger partial charge in [-0.3, -0.25) is 10.1 Å². The fraction of sp³-hybridized carbons (Fsp3) is 0.0909. The molecule has 0 spiro atoms. The molecule has 0 saturated heterocycles. The number of nitro groups is 1. The lowest BCUT2D eigenvalue weighted by atomic mass is 10.2. The lowest BCUT2D eigenvalue weighted by Crippen LogP contribution is -1.91. The van der Waals surface area contributed by atoms with Crippen LogP contribution in [0.1, 0.15) is 5.56 Å². The van der Waals surface area contributed by atoms with Crippen LogP contribution in [0.5, 0.6) is 11.5 Å². The van der Waals surface area contributed by atoms with E-state index in [1.54, 1.807) is 12.1 Å². The fourth-order valence-corrected chi connectivity index (χ4v) is 3.51. The summed E-state index contributed by atoms with van der Waals surface area (Å²) < 4.78 is 6.65. The lowest BCUT2D eigenvalue weighted by molar-refractivity contribution is -0.384. The number of aryl methyl sites for hydroxylation is 1. The highest BCUT2D eigenvalue weighted by Crippen LogP contribution is 2.40. The Labute approximate surface area is 214 Å². The topological polar surface area (TPSA) is 98.5 Å². The number of non-ortho nitro benzene ring substituents is 1. The molecule has 0 bridgehead atoms. The van der Waals surface area contributed by atoms with Crippen LogP contribution >= 0.6 is 50.7 Å². The molecule has 7 nitrogen and oxygen atoms in total. The molecule has 0 aliphatic rings. The van der Waals surface area contributed by atoms with Crippen LogP contribution in [0.4, 0.5) is 11.4 Å². The van der Waals surface area contributed by atoms with E-state index >= 15 is 0 Å². The maximum absolute atomic E-state index is 10.6. The molecule has 11 heteroatoms. The van der Waals surface area contributed by atoms with Gasteiger partial charge in [-0.2, -0.15) is 0 Å². The summed E-state index contributed by atoms with van der Waals surface area (Å²) in [6.07, 6.45) is 0. The van der Waals surface area contributed by atoms with Crippen molar-refractivity contribution in [3.8, 4) is 11.5 Å². The van der Waals surface area contributed by atoms with E-state index < -0.39 is 4.92 Å². The summed E-state index contributed by atoms with van der Waals surface area (Å²) in [5.74, 6) is 0.500. The van der Waals surface area contributed by atoms with Gasteiger partial charge in [0, 0.05) is 29.3 Å². The van der Waals surface area contributed by atoms with Crippen molar-refractivity contribution in [2.24, 2.45) is 0 Å². The highest BCUT2D eigenvalue weighted by Gasteiger charge is 2.14. The number of benzene rings is 3. The second kappa shape index (κ2) is 16.0. The zero-order valence-corrected chi connectivity index (χ0v) is 21.5. The van der Waals surface area contributed by atoms with Crippen molar-refractivity contribution < 1.29 is 19.2 Å². The zero-order valence-electron chi connectivity index (χ0n) is 17.6. The number of ether oxygens (including phenoxy) is 1. The average molecular weight is 579 g/mol. The van der Waals surface area contributed by atoms with Crippen LogP contribution in [0.3, 0.4) is 0 Å². The van der Waals surface area contributed by atoms with E-state index in [0.29, 0.717) is 10.0 Å². The number of nitrogens with zero attached hydrogens (tertiary/aromatic N) is 1. The summed E-state index contributed by atoms with van der Waals surface area (Å²) in [5.41, 5.74) is 1.90. The van der Waals surface area contributed by atoms with Crippen molar-refractivity contribution in [2.75, 3.05) is 12.4 Å². The average Bonchev–Trinajstić information content (AvgIpc) is 2.80. The zero-order chi connectivity index (χ0) is 25.6. The minimum absolute atomic E-state index is 0.104. The number of hydrogen-bond acceptors (Lipinski definition) is 6. The highest BCUT2D eigenvalue weighted by atomic mass is 79.9. The van der Waals surface area contributed by atoms with Crippen LogP contribution in [0.25, 0.3) is 0 Å². The molecule has 0 heterocycles. The molecule has 0 atom stereocenters. The number of carbonyl (C=O) groups excluding carboxylic acids is 2. The first-order valence-electron chi connectivity index (χ1n) is 8.79. The number of rotatable bonds is 4. The Hall–Kier alpha value is -2.65. The van der Waals surface area contributed by atoms with Crippen LogP contribution < -0.4 is 10.1 Å². The van der Waals surface area contributed by atoms with Gasteiger partial charge in [0.2, 0.25) is 0 Å². The summed E-state index contributed by atoms with van der Waals surface area (Å²) >= 11 is 21.4. The quantitative estimate of drug-likeness (QED) is 0.251. The maximum atomic E-state index is 10.6. The number of carbonyl (C=O) groups is 2. The Bertz CT molecular complexity index is 1040. The summed E-state index contributed by atoms with van der Waals surface area (Å²) in [7, 11) is 1.90. The molecule has 3 rings (SSSR count). The molecule has 0 amide bonds. The van der Waals surface area contributed by atoms with Crippen molar-refractivity contribution >= 4 is 75.7 Å². The van der Waals surface area contributed by atoms with Gasteiger partial charge in [-0.25, -0.2) is 0 Å². The molecule has 33 heavy (non-hydrogen) atoms. The summed E-state index contributed by atoms with van der Waals surface area (Å²) in [5, 5.41) is 14.4. The van der Waals surface area contributed by atoms with Gasteiger partial charge in [-0.05, 0) is 48.9 Å². The van der Waals surface area contributed by atoms with Gasteiger partial charge in [0.1, 0.15) is 19.3 Å². The first-order valence-corrected chi connectivity index (χ1v) is 10.7. The van der Waals surface area contributed by atoms with Crippen LogP contribution in [-0.2, 0) is 9.59 Å². The summed E-state index contributed by atoms with van der Waals surface area (Å²) in [6, 6.07) is 15.3. The molecule has 3 aromatic rings. The van der Waals surface area contributed by atoms with Gasteiger partial charge in [0.25, 0.3) is 5.69 Å².